The van der Waals surface area contributed by atoms with Crippen molar-refractivity contribution in [2.75, 3.05) is 12.4 Å². The van der Waals surface area contributed by atoms with Crippen molar-refractivity contribution in [3.63, 3.8) is 0 Å². The Bertz CT molecular complexity index is 840. The van der Waals surface area contributed by atoms with E-state index < -0.39 is 0 Å². The number of esters is 1. The van der Waals surface area contributed by atoms with Crippen LogP contribution in [0.5, 0.6) is 0 Å². The zero-order valence-corrected chi connectivity index (χ0v) is 16.7. The Labute approximate surface area is 162 Å². The maximum atomic E-state index is 11.6. The topological polar surface area (TPSA) is 38.3 Å². The van der Waals surface area contributed by atoms with Crippen molar-refractivity contribution in [2.45, 2.75) is 39.7 Å². The average Bonchev–Trinajstić information content (AvgIpc) is 2.68. The van der Waals surface area contributed by atoms with Crippen molar-refractivity contribution >= 4 is 11.7 Å². The summed E-state index contributed by atoms with van der Waals surface area (Å²) in [6, 6.07) is 16.7. The van der Waals surface area contributed by atoms with Crippen molar-refractivity contribution < 1.29 is 9.53 Å². The molecule has 2 bridgehead atoms. The number of carbonyl (C=O) groups excluding carboxylic acids is 1. The van der Waals surface area contributed by atoms with E-state index >= 15 is 0 Å². The van der Waals surface area contributed by atoms with E-state index in [2.05, 4.69) is 50.4 Å². The second-order valence-corrected chi connectivity index (χ2v) is 8.86. The second-order valence-electron chi connectivity index (χ2n) is 8.86. The van der Waals surface area contributed by atoms with Crippen LogP contribution in [0.2, 0.25) is 0 Å². The van der Waals surface area contributed by atoms with E-state index in [0.29, 0.717) is 22.9 Å². The van der Waals surface area contributed by atoms with Gasteiger partial charge in [0.05, 0.1) is 12.7 Å². The van der Waals surface area contributed by atoms with E-state index in [-0.39, 0.29) is 5.97 Å². The van der Waals surface area contributed by atoms with Gasteiger partial charge in [-0.05, 0) is 71.4 Å². The molecule has 3 nitrogen and oxygen atoms in total. The summed E-state index contributed by atoms with van der Waals surface area (Å²) in [6.07, 6.45) is 2.67. The van der Waals surface area contributed by atoms with Gasteiger partial charge < -0.3 is 10.1 Å². The number of fused-ring (bicyclic) bond motifs is 2. The average molecular weight is 364 g/mol. The number of benzene rings is 2. The van der Waals surface area contributed by atoms with E-state index in [9.17, 15) is 4.79 Å². The van der Waals surface area contributed by atoms with Gasteiger partial charge in [0.2, 0.25) is 0 Å². The third-order valence-electron chi connectivity index (χ3n) is 7.21. The quantitative estimate of drug-likeness (QED) is 0.716. The molecule has 0 aliphatic heterocycles. The molecule has 0 heterocycles. The first kappa shape index (κ1) is 18.1. The first-order chi connectivity index (χ1) is 12.9. The van der Waals surface area contributed by atoms with Crippen molar-refractivity contribution in [1.82, 2.24) is 0 Å². The lowest BCUT2D eigenvalue weighted by Crippen LogP contribution is -2.58. The molecule has 0 radical (unpaired) electrons. The molecule has 0 amide bonds. The van der Waals surface area contributed by atoms with E-state index in [4.69, 9.17) is 4.74 Å². The van der Waals surface area contributed by atoms with Gasteiger partial charge in [-0.15, -0.1) is 0 Å². The molecule has 142 valence electrons. The lowest BCUT2D eigenvalue weighted by molar-refractivity contribution is -0.105. The highest BCUT2D eigenvalue weighted by Gasteiger charge is 2.56. The number of hydrogen-bond donors (Lipinski definition) is 1. The molecule has 27 heavy (non-hydrogen) atoms. The highest BCUT2D eigenvalue weighted by Crippen LogP contribution is 2.61. The van der Waals surface area contributed by atoms with Crippen molar-refractivity contribution in [1.29, 1.82) is 0 Å². The van der Waals surface area contributed by atoms with Crippen molar-refractivity contribution in [2.24, 2.45) is 23.2 Å². The van der Waals surface area contributed by atoms with Crippen LogP contribution >= 0.6 is 0 Å². The summed E-state index contributed by atoms with van der Waals surface area (Å²) in [4.78, 5) is 11.6. The van der Waals surface area contributed by atoms with E-state index in [1.165, 1.54) is 25.6 Å². The number of hydrogen-bond acceptors (Lipinski definition) is 3. The third kappa shape index (κ3) is 3.13. The van der Waals surface area contributed by atoms with E-state index in [1.54, 1.807) is 0 Å². The lowest BCUT2D eigenvalue weighted by atomic mass is 9.45. The molecule has 1 N–H and O–H groups in total. The minimum absolute atomic E-state index is 0.301. The Kier molecular flexibility index (Phi) is 4.49. The first-order valence-electron chi connectivity index (χ1n) is 9.95. The SMILES string of the molecule is COC(=O)c1ccc(-c2cccc(N[C@H]3C[C@@H]4C[C@@H]([C@H]3C)C4(C)C)c2)cc1. The molecular weight excluding hydrogens is 334 g/mol. The van der Waals surface area contributed by atoms with Gasteiger partial charge >= 0.3 is 5.97 Å². The largest absolute Gasteiger partial charge is 0.465 e. The third-order valence-corrected chi connectivity index (χ3v) is 7.21. The van der Waals surface area contributed by atoms with Gasteiger partial charge in [-0.25, -0.2) is 4.79 Å². The van der Waals surface area contributed by atoms with Crippen molar-refractivity contribution in [3.05, 3.63) is 54.1 Å². The van der Waals surface area contributed by atoms with Crippen LogP contribution in [0.1, 0.15) is 44.0 Å². The fraction of sp³-hybridized carbons (Fsp3) is 0.458. The molecule has 0 unspecified atom stereocenters. The van der Waals surface area contributed by atoms with Gasteiger partial charge in [-0.2, -0.15) is 0 Å². The molecular formula is C24H29NO2. The Morgan fingerprint density at radius 2 is 1.81 bits per heavy atom. The van der Waals surface area contributed by atoms with Crippen LogP contribution in [0.3, 0.4) is 0 Å². The molecule has 2 aromatic rings. The van der Waals surface area contributed by atoms with Crippen LogP contribution < -0.4 is 5.32 Å². The van der Waals surface area contributed by atoms with Gasteiger partial charge in [0.15, 0.2) is 0 Å². The Hall–Kier alpha value is -2.29. The minimum Gasteiger partial charge on any atom is -0.465 e. The fourth-order valence-corrected chi connectivity index (χ4v) is 5.26. The molecule has 0 aromatic heterocycles. The lowest BCUT2D eigenvalue weighted by Gasteiger charge is -2.62. The normalized spacial score (nSPS) is 28.1. The van der Waals surface area contributed by atoms with Crippen LogP contribution in [-0.2, 0) is 4.74 Å². The van der Waals surface area contributed by atoms with Gasteiger partial charge in [-0.3, -0.25) is 0 Å². The van der Waals surface area contributed by atoms with Crippen molar-refractivity contribution in [3.8, 4) is 11.1 Å². The zero-order valence-electron chi connectivity index (χ0n) is 16.7. The summed E-state index contributed by atoms with van der Waals surface area (Å²) >= 11 is 0. The van der Waals surface area contributed by atoms with Gasteiger partial charge in [0.1, 0.15) is 0 Å². The van der Waals surface area contributed by atoms with Gasteiger partial charge in [0.25, 0.3) is 0 Å². The monoisotopic (exact) mass is 363 g/mol. The molecule has 3 aliphatic carbocycles. The summed E-state index contributed by atoms with van der Waals surface area (Å²) in [5.41, 5.74) is 4.53. The maximum absolute atomic E-state index is 11.6. The molecule has 0 spiro atoms. The second kappa shape index (κ2) is 6.70. The number of anilines is 1. The van der Waals surface area contributed by atoms with Crippen LogP contribution in [0.15, 0.2) is 48.5 Å². The number of rotatable bonds is 4. The smallest absolute Gasteiger partial charge is 0.337 e. The fourth-order valence-electron chi connectivity index (χ4n) is 5.26. The van der Waals surface area contributed by atoms with Crippen LogP contribution in [0.25, 0.3) is 11.1 Å². The summed E-state index contributed by atoms with van der Waals surface area (Å²) in [5.74, 6) is 2.09. The minimum atomic E-state index is -0.301. The first-order valence-corrected chi connectivity index (χ1v) is 9.95. The Morgan fingerprint density at radius 1 is 1.07 bits per heavy atom. The molecule has 0 saturated heterocycles. The van der Waals surface area contributed by atoms with Gasteiger partial charge in [-0.1, -0.05) is 45.0 Å². The summed E-state index contributed by atoms with van der Waals surface area (Å²) < 4.78 is 4.77. The highest BCUT2D eigenvalue weighted by atomic mass is 16.5. The van der Waals surface area contributed by atoms with E-state index in [1.807, 2.05) is 24.3 Å². The molecule has 4 atom stereocenters. The van der Waals surface area contributed by atoms with Crippen LogP contribution in [-0.4, -0.2) is 19.1 Å². The van der Waals surface area contributed by atoms with E-state index in [0.717, 1.165) is 23.0 Å². The number of carbonyl (C=O) groups is 1. The molecule has 3 aliphatic rings. The Morgan fingerprint density at radius 3 is 2.44 bits per heavy atom. The molecule has 3 heteroatoms. The number of ether oxygens (including phenoxy) is 1. The van der Waals surface area contributed by atoms with Gasteiger partial charge in [0, 0.05) is 11.7 Å². The summed E-state index contributed by atoms with van der Waals surface area (Å²) in [6.45, 7) is 7.29. The molecule has 2 aromatic carbocycles. The maximum Gasteiger partial charge on any atom is 0.337 e. The Balaban J connectivity index is 1.49. The zero-order chi connectivity index (χ0) is 19.2. The number of methoxy groups -OCH3 is 1. The molecule has 5 rings (SSSR count). The molecule has 3 saturated carbocycles. The standard InChI is InChI=1S/C24H29NO2/c1-15-21-13-19(24(21,2)3)14-22(15)25-20-7-5-6-18(12-20)16-8-10-17(11-9-16)23(26)27-4/h5-12,15,19,21-22,25H,13-14H2,1-4H3/t15-,19+,21+,22+/m1/s1. The summed E-state index contributed by atoms with van der Waals surface area (Å²) in [7, 11) is 1.41. The van der Waals surface area contributed by atoms with Crippen LogP contribution in [0, 0.1) is 23.2 Å². The number of nitrogens with one attached hydrogen (secondary N) is 1. The highest BCUT2D eigenvalue weighted by molar-refractivity contribution is 5.90. The predicted molar refractivity (Wildman–Crippen MR) is 110 cm³/mol. The summed E-state index contributed by atoms with van der Waals surface area (Å²) in [5, 5.41) is 3.80. The predicted octanol–water partition coefficient (Wildman–Crippen LogP) is 5.62. The van der Waals surface area contributed by atoms with Crippen LogP contribution in [0.4, 0.5) is 5.69 Å². The molecule has 3 fully saturated rings.